The van der Waals surface area contributed by atoms with E-state index in [0.29, 0.717) is 97.7 Å². The molecule has 0 fully saturated rings. The minimum Gasteiger partial charge on any atom is -0.493 e. The van der Waals surface area contributed by atoms with E-state index in [0.717, 1.165) is 40.3 Å². The van der Waals surface area contributed by atoms with Gasteiger partial charge in [-0.2, -0.15) is 16.8 Å². The number of para-hydroxylation sites is 2. The molecule has 94 heavy (non-hydrogen) atoms. The maximum atomic E-state index is 14.5. The smallest absolute Gasteiger partial charge is 0.288 e. The Balaban J connectivity index is 0.928. The number of amides is 5. The van der Waals surface area contributed by atoms with Crippen molar-refractivity contribution in [1.82, 2.24) is 10.2 Å². The van der Waals surface area contributed by atoms with E-state index < -0.39 is 65.3 Å². The number of anilines is 5. The molecule has 0 radical (unpaired) electrons. The first-order chi connectivity index (χ1) is 45.0. The molecule has 0 aromatic heterocycles. The van der Waals surface area contributed by atoms with Gasteiger partial charge in [0.1, 0.15) is 13.2 Å². The Morgan fingerprint density at radius 3 is 1.89 bits per heavy atom. The second-order valence-corrected chi connectivity index (χ2v) is 29.8. The number of rotatable bonds is 33. The van der Waals surface area contributed by atoms with E-state index in [-0.39, 0.29) is 92.8 Å². The highest BCUT2D eigenvalue weighted by molar-refractivity contribution is 8.77. The van der Waals surface area contributed by atoms with Gasteiger partial charge in [-0.15, -0.1) is 0 Å². The van der Waals surface area contributed by atoms with Crippen molar-refractivity contribution in [2.45, 2.75) is 87.1 Å². The quantitative estimate of drug-likeness (QED) is 0.0120. The molecule has 0 saturated carbocycles. The third-order valence-corrected chi connectivity index (χ3v) is 21.9. The molecule has 2 unspecified atom stereocenters. The fraction of sp³-hybridized carbons (Fsp3) is 0.431. The molecule has 4 atom stereocenters. The molecular formula is C65H77N7O18S4. The summed E-state index contributed by atoms with van der Waals surface area (Å²) in [7, 11) is -4.03. The van der Waals surface area contributed by atoms with E-state index in [2.05, 4.69) is 20.9 Å². The SMILES string of the molecule is CCCOCCOCCOCCN(CC(C)(C)SSCCC(C(=O)NCCN1C(=O)C=CC1=O)S(=O)(=O)O)c1cc(COc2cc3c(cc2OC)C(=O)N2c4ccccc4C[C@H]2CN3)cc(COc2cc3c(cc2OC)C(=O)N2c4ccccc4C[C@H]2C(S(=O)(=O)O)N3)c1. The van der Waals surface area contributed by atoms with E-state index in [1.165, 1.54) is 52.8 Å². The van der Waals surface area contributed by atoms with Crippen molar-refractivity contribution in [3.8, 4) is 23.0 Å². The topological polar surface area (TPSA) is 308 Å². The highest BCUT2D eigenvalue weighted by atomic mass is 33.1. The third kappa shape index (κ3) is 16.4. The first kappa shape index (κ1) is 69.2. The highest BCUT2D eigenvalue weighted by Gasteiger charge is 2.48. The van der Waals surface area contributed by atoms with E-state index in [1.807, 2.05) is 74.2 Å². The van der Waals surface area contributed by atoms with Gasteiger partial charge in [0.15, 0.2) is 33.6 Å². The summed E-state index contributed by atoms with van der Waals surface area (Å²) in [5.74, 6) is -1.68. The van der Waals surface area contributed by atoms with Gasteiger partial charge in [0.25, 0.3) is 43.9 Å². The number of methoxy groups -OCH3 is 2. The zero-order valence-electron chi connectivity index (χ0n) is 52.7. The number of nitrogens with zero attached hydrogens (tertiary/aromatic N) is 4. The Labute approximate surface area is 554 Å². The lowest BCUT2D eigenvalue weighted by Gasteiger charge is -2.34. The van der Waals surface area contributed by atoms with E-state index in [1.54, 1.807) is 30.3 Å². The van der Waals surface area contributed by atoms with Gasteiger partial charge in [-0.25, -0.2) is 0 Å². The molecule has 29 heteroatoms. The molecule has 504 valence electrons. The van der Waals surface area contributed by atoms with Crippen LogP contribution in [0.3, 0.4) is 0 Å². The molecule has 5 aliphatic rings. The summed E-state index contributed by atoms with van der Waals surface area (Å²) in [6.07, 6.45) is 3.67. The van der Waals surface area contributed by atoms with Crippen molar-refractivity contribution in [3.63, 3.8) is 0 Å². The van der Waals surface area contributed by atoms with Gasteiger partial charge in [0.05, 0.1) is 81.8 Å². The van der Waals surface area contributed by atoms with Crippen molar-refractivity contribution in [3.05, 3.63) is 137 Å². The molecule has 5 heterocycles. The zero-order valence-corrected chi connectivity index (χ0v) is 56.0. The number of benzene rings is 5. The van der Waals surface area contributed by atoms with Crippen molar-refractivity contribution >= 4 is 99.8 Å². The van der Waals surface area contributed by atoms with Crippen molar-refractivity contribution < 1.29 is 83.1 Å². The molecular weight excluding hydrogens is 1300 g/mol. The first-order valence-corrected chi connectivity index (χ1v) is 36.1. The van der Waals surface area contributed by atoms with Crippen molar-refractivity contribution in [2.24, 2.45) is 0 Å². The van der Waals surface area contributed by atoms with Crippen LogP contribution in [0.4, 0.5) is 28.4 Å². The van der Waals surface area contributed by atoms with Crippen molar-refractivity contribution in [1.29, 1.82) is 0 Å². The van der Waals surface area contributed by atoms with Gasteiger partial charge < -0.3 is 63.8 Å². The van der Waals surface area contributed by atoms with E-state index >= 15 is 0 Å². The first-order valence-electron chi connectivity index (χ1n) is 30.7. The molecule has 0 spiro atoms. The molecule has 25 nitrogen and oxygen atoms in total. The van der Waals surface area contributed by atoms with Crippen LogP contribution in [-0.2, 0) is 74.9 Å². The predicted molar refractivity (Wildman–Crippen MR) is 358 cm³/mol. The summed E-state index contributed by atoms with van der Waals surface area (Å²) in [6.45, 7) is 8.98. The van der Waals surface area contributed by atoms with Crippen LogP contribution in [0.25, 0.3) is 0 Å². The molecule has 0 aliphatic carbocycles. The van der Waals surface area contributed by atoms with E-state index in [9.17, 15) is 49.9 Å². The fourth-order valence-electron chi connectivity index (χ4n) is 12.0. The van der Waals surface area contributed by atoms with Crippen LogP contribution in [0.15, 0.2) is 103 Å². The molecule has 5 N–H and O–H groups in total. The monoisotopic (exact) mass is 1370 g/mol. The summed E-state index contributed by atoms with van der Waals surface area (Å²) < 4.78 is 114. The molecule has 5 aromatic carbocycles. The maximum absolute atomic E-state index is 14.5. The maximum Gasteiger partial charge on any atom is 0.288 e. The lowest BCUT2D eigenvalue weighted by molar-refractivity contribution is -0.137. The Hall–Kier alpha value is -7.61. The highest BCUT2D eigenvalue weighted by Crippen LogP contribution is 2.45. The minimum atomic E-state index is -4.87. The molecule has 5 amide bonds. The van der Waals surface area contributed by atoms with Crippen LogP contribution in [0.5, 0.6) is 23.0 Å². The molecule has 5 aromatic rings. The number of carbonyl (C=O) groups is 5. The second kappa shape index (κ2) is 30.4. The van der Waals surface area contributed by atoms with E-state index in [4.69, 9.17) is 33.2 Å². The summed E-state index contributed by atoms with van der Waals surface area (Å²) in [5, 5.41) is 5.44. The lowest BCUT2D eigenvalue weighted by Crippen LogP contribution is -2.49. The summed E-state index contributed by atoms with van der Waals surface area (Å²) in [4.78, 5) is 72.4. The third-order valence-electron chi connectivity index (χ3n) is 16.4. The largest absolute Gasteiger partial charge is 0.493 e. The zero-order chi connectivity index (χ0) is 66.9. The van der Waals surface area contributed by atoms with Crippen molar-refractivity contribution in [2.75, 3.05) is 118 Å². The minimum absolute atomic E-state index is 0.0239. The number of hydrogen-bond donors (Lipinski definition) is 5. The predicted octanol–water partition coefficient (Wildman–Crippen LogP) is 7.18. The van der Waals surface area contributed by atoms with Gasteiger partial charge in [-0.3, -0.25) is 38.0 Å². The van der Waals surface area contributed by atoms with Crippen LogP contribution in [0.1, 0.15) is 76.6 Å². The molecule has 10 rings (SSSR count). The van der Waals surface area contributed by atoms with Crippen LogP contribution in [-0.4, -0.2) is 180 Å². The van der Waals surface area contributed by atoms with Gasteiger partial charge in [-0.1, -0.05) is 64.9 Å². The Morgan fingerprint density at radius 2 is 1.29 bits per heavy atom. The molecule has 0 bridgehead atoms. The summed E-state index contributed by atoms with van der Waals surface area (Å²) in [6, 6.07) is 26.0. The fourth-order valence-corrected chi connectivity index (χ4v) is 16.4. The van der Waals surface area contributed by atoms with Gasteiger partial charge in [0, 0.05) is 91.2 Å². The average Bonchev–Trinajstić information content (AvgIpc) is 1.59. The number of imide groups is 1. The van der Waals surface area contributed by atoms with Gasteiger partial charge >= 0.3 is 0 Å². The van der Waals surface area contributed by atoms with Crippen LogP contribution in [0, 0.1) is 0 Å². The number of fused-ring (bicyclic) bond motifs is 8. The Bertz CT molecular complexity index is 3890. The Kier molecular flexibility index (Phi) is 22.4. The Morgan fingerprint density at radius 1 is 0.723 bits per heavy atom. The number of ether oxygens (including phenoxy) is 7. The van der Waals surface area contributed by atoms with Gasteiger partial charge in [0.2, 0.25) is 5.91 Å². The number of nitrogens with one attached hydrogen (secondary N) is 3. The number of hydrogen-bond acceptors (Lipinski definition) is 21. The molecule has 5 aliphatic heterocycles. The summed E-state index contributed by atoms with van der Waals surface area (Å²) in [5.41, 5.74) is 6.39. The van der Waals surface area contributed by atoms with Crippen LogP contribution >= 0.6 is 21.6 Å². The van der Waals surface area contributed by atoms with Crippen LogP contribution < -0.4 is 49.6 Å². The van der Waals surface area contributed by atoms with Gasteiger partial charge in [-0.05, 0) is 104 Å². The average molecular weight is 1370 g/mol. The molecule has 0 saturated heterocycles. The number of carbonyl (C=O) groups excluding carboxylic acids is 5. The van der Waals surface area contributed by atoms with Crippen LogP contribution in [0.2, 0.25) is 0 Å². The second-order valence-electron chi connectivity index (χ2n) is 23.5. The normalized spacial score (nSPS) is 17.6. The summed E-state index contributed by atoms with van der Waals surface area (Å²) >= 11 is 0. The standard InChI is InChI=1S/C65H77N7O18S4/c1-6-21-86-23-25-88-26-24-87-22-20-69(40-65(2,3)92-91-27-17-58(93(78,79)80)61(75)66-18-19-70-59(73)15-16-60(70)74)45-29-41(38-89-56-35-49-47(33-54(56)84-4)63(76)71-46(37-67-49)31-43-11-7-9-13-51(43)71)28-42(30-45)39-90-57-36-50-48(34-55(57)85-5)64(77)72-52-14-10-8-12-44(52)32-53(72)62(68-50)94(81,82)83/h7-16,28-30,33-36,46,53,58,62,67-68H,6,17-27,31-32,37-40H2,1-5H3,(H,66,75)(H,78,79,80)(H,81,82,83)/t46-,53-,58?,62?/m0/s1. The lowest BCUT2D eigenvalue weighted by atomic mass is 10.1.